The minimum Gasteiger partial charge on any atom is -0.371 e. The van der Waals surface area contributed by atoms with Crippen LogP contribution in [0.2, 0.25) is 0 Å². The summed E-state index contributed by atoms with van der Waals surface area (Å²) in [7, 11) is 0. The number of halogens is 1. The second kappa shape index (κ2) is 3.84. The van der Waals surface area contributed by atoms with Gasteiger partial charge in [-0.1, -0.05) is 0 Å². The predicted octanol–water partition coefficient (Wildman–Crippen LogP) is 2.33. The molecule has 4 nitrogen and oxygen atoms in total. The van der Waals surface area contributed by atoms with E-state index in [1.165, 1.54) is 6.07 Å². The summed E-state index contributed by atoms with van der Waals surface area (Å²) in [5.74, 6) is -0.775. The quantitative estimate of drug-likeness (QED) is 0.556. The van der Waals surface area contributed by atoms with Gasteiger partial charge in [-0.25, -0.2) is 0 Å². The lowest BCUT2D eigenvalue weighted by Crippen LogP contribution is -2.17. The fraction of sp³-hybridized carbons (Fsp3) is 0.400. The second-order valence-electron chi connectivity index (χ2n) is 3.59. The zero-order valence-corrected chi connectivity index (χ0v) is 8.15. The molecule has 1 aliphatic heterocycles. The second-order valence-corrected chi connectivity index (χ2v) is 3.59. The molecule has 15 heavy (non-hydrogen) atoms. The third-order valence-corrected chi connectivity index (χ3v) is 2.60. The highest BCUT2D eigenvalue weighted by Crippen LogP contribution is 2.26. The van der Waals surface area contributed by atoms with Gasteiger partial charge in [0.1, 0.15) is 0 Å². The molecule has 0 spiro atoms. The first-order valence-corrected chi connectivity index (χ1v) is 4.87. The Morgan fingerprint density at radius 3 is 2.60 bits per heavy atom. The van der Waals surface area contributed by atoms with Crippen LogP contribution in [-0.4, -0.2) is 18.0 Å². The van der Waals surface area contributed by atoms with Crippen LogP contribution in [0.5, 0.6) is 0 Å². The lowest BCUT2D eigenvalue weighted by atomic mass is 10.2. The zero-order valence-electron chi connectivity index (χ0n) is 8.15. The topological polar surface area (TPSA) is 46.4 Å². The number of hydrogen-bond donors (Lipinski definition) is 0. The van der Waals surface area contributed by atoms with E-state index >= 15 is 0 Å². The van der Waals surface area contributed by atoms with Crippen molar-refractivity contribution in [2.45, 2.75) is 12.8 Å². The average molecular weight is 210 g/mol. The largest absolute Gasteiger partial charge is 0.371 e. The predicted molar refractivity (Wildman–Crippen MR) is 54.5 cm³/mol. The molecule has 80 valence electrons. The molecule has 0 amide bonds. The van der Waals surface area contributed by atoms with Crippen molar-refractivity contribution in [2.24, 2.45) is 0 Å². The molecule has 1 fully saturated rings. The van der Waals surface area contributed by atoms with E-state index in [-0.39, 0.29) is 0 Å². The van der Waals surface area contributed by atoms with E-state index in [9.17, 15) is 14.5 Å². The molecular weight excluding hydrogens is 199 g/mol. The first kappa shape index (κ1) is 9.89. The standard InChI is InChI=1S/C10H11FN2O2/c11-9-4-3-8(7-10(9)13(14)15)12-5-1-2-6-12/h3-4,7H,1-2,5-6H2. The van der Waals surface area contributed by atoms with Crippen LogP contribution in [0, 0.1) is 15.9 Å². The van der Waals surface area contributed by atoms with Gasteiger partial charge in [-0.05, 0) is 25.0 Å². The van der Waals surface area contributed by atoms with Crippen molar-refractivity contribution in [1.29, 1.82) is 0 Å². The Morgan fingerprint density at radius 2 is 2.00 bits per heavy atom. The Kier molecular flexibility index (Phi) is 2.53. The maximum absolute atomic E-state index is 13.0. The van der Waals surface area contributed by atoms with E-state index < -0.39 is 16.4 Å². The van der Waals surface area contributed by atoms with Crippen molar-refractivity contribution >= 4 is 11.4 Å². The average Bonchev–Trinajstić information content (AvgIpc) is 2.71. The Balaban J connectivity index is 2.33. The fourth-order valence-electron chi connectivity index (χ4n) is 1.81. The van der Waals surface area contributed by atoms with Crippen LogP contribution in [0.15, 0.2) is 18.2 Å². The van der Waals surface area contributed by atoms with Crippen molar-refractivity contribution < 1.29 is 9.31 Å². The minimum absolute atomic E-state index is 0.445. The monoisotopic (exact) mass is 210 g/mol. The molecule has 0 N–H and O–H groups in total. The molecule has 1 saturated heterocycles. The first-order valence-electron chi connectivity index (χ1n) is 4.87. The summed E-state index contributed by atoms with van der Waals surface area (Å²) < 4.78 is 13.0. The first-order chi connectivity index (χ1) is 7.18. The Labute approximate surface area is 86.5 Å². The van der Waals surface area contributed by atoms with E-state index in [0.29, 0.717) is 0 Å². The molecule has 1 aliphatic rings. The molecule has 1 aromatic carbocycles. The summed E-state index contributed by atoms with van der Waals surface area (Å²) in [5.41, 5.74) is 0.292. The Bertz CT molecular complexity index is 389. The van der Waals surface area contributed by atoms with Gasteiger partial charge in [0.05, 0.1) is 4.92 Å². The third-order valence-electron chi connectivity index (χ3n) is 2.60. The van der Waals surface area contributed by atoms with Crippen LogP contribution in [0.3, 0.4) is 0 Å². The highest BCUT2D eigenvalue weighted by molar-refractivity contribution is 5.54. The van der Waals surface area contributed by atoms with Gasteiger partial charge >= 0.3 is 5.69 Å². The van der Waals surface area contributed by atoms with E-state index in [1.807, 2.05) is 4.90 Å². The number of benzene rings is 1. The van der Waals surface area contributed by atoms with Crippen LogP contribution in [0.1, 0.15) is 12.8 Å². The van der Waals surface area contributed by atoms with Crippen molar-refractivity contribution in [2.75, 3.05) is 18.0 Å². The van der Waals surface area contributed by atoms with Crippen LogP contribution >= 0.6 is 0 Å². The fourth-order valence-corrected chi connectivity index (χ4v) is 1.81. The molecule has 1 heterocycles. The third kappa shape index (κ3) is 1.91. The summed E-state index contributed by atoms with van der Waals surface area (Å²) in [4.78, 5) is 11.9. The van der Waals surface area contributed by atoms with Crippen molar-refractivity contribution in [3.8, 4) is 0 Å². The molecular formula is C10H11FN2O2. The smallest absolute Gasteiger partial charge is 0.306 e. The van der Waals surface area contributed by atoms with E-state index in [1.54, 1.807) is 6.07 Å². The van der Waals surface area contributed by atoms with Crippen LogP contribution in [-0.2, 0) is 0 Å². The summed E-state index contributed by atoms with van der Waals surface area (Å²) >= 11 is 0. The number of nitro groups is 1. The number of anilines is 1. The summed E-state index contributed by atoms with van der Waals surface area (Å²) in [6.07, 6.45) is 2.18. The van der Waals surface area contributed by atoms with Gasteiger partial charge in [-0.3, -0.25) is 10.1 Å². The number of nitro benzene ring substituents is 1. The number of rotatable bonds is 2. The molecule has 0 bridgehead atoms. The maximum Gasteiger partial charge on any atom is 0.306 e. The van der Waals surface area contributed by atoms with Crippen LogP contribution in [0.25, 0.3) is 0 Å². The normalized spacial score (nSPS) is 15.7. The minimum atomic E-state index is -0.775. The van der Waals surface area contributed by atoms with Crippen LogP contribution < -0.4 is 4.90 Å². The molecule has 0 saturated carbocycles. The molecule has 5 heteroatoms. The van der Waals surface area contributed by atoms with Gasteiger partial charge in [-0.2, -0.15) is 4.39 Å². The van der Waals surface area contributed by atoms with Gasteiger partial charge in [-0.15, -0.1) is 0 Å². The highest BCUT2D eigenvalue weighted by atomic mass is 19.1. The van der Waals surface area contributed by atoms with Gasteiger partial charge in [0, 0.05) is 24.8 Å². The molecule has 0 radical (unpaired) electrons. The summed E-state index contributed by atoms with van der Waals surface area (Å²) in [5, 5.41) is 10.5. The van der Waals surface area contributed by atoms with Gasteiger partial charge in [0.25, 0.3) is 0 Å². The summed E-state index contributed by atoms with van der Waals surface area (Å²) in [6, 6.07) is 4.06. The van der Waals surface area contributed by atoms with Crippen molar-refractivity contribution in [3.63, 3.8) is 0 Å². The Hall–Kier alpha value is -1.65. The molecule has 0 aliphatic carbocycles. The highest BCUT2D eigenvalue weighted by Gasteiger charge is 2.18. The molecule has 1 aromatic rings. The van der Waals surface area contributed by atoms with E-state index in [0.717, 1.165) is 37.7 Å². The van der Waals surface area contributed by atoms with Crippen LogP contribution in [0.4, 0.5) is 15.8 Å². The molecule has 0 atom stereocenters. The van der Waals surface area contributed by atoms with Gasteiger partial charge < -0.3 is 4.90 Å². The lowest BCUT2D eigenvalue weighted by molar-refractivity contribution is -0.387. The molecule has 0 unspecified atom stereocenters. The molecule has 0 aromatic heterocycles. The lowest BCUT2D eigenvalue weighted by Gasteiger charge is -2.16. The van der Waals surface area contributed by atoms with Gasteiger partial charge in [0.2, 0.25) is 5.82 Å². The van der Waals surface area contributed by atoms with Crippen molar-refractivity contribution in [3.05, 3.63) is 34.1 Å². The number of hydrogen-bond acceptors (Lipinski definition) is 3. The Morgan fingerprint density at radius 1 is 1.33 bits per heavy atom. The SMILES string of the molecule is O=[N+]([O-])c1cc(N2CCCC2)ccc1F. The number of nitrogens with zero attached hydrogens (tertiary/aromatic N) is 2. The zero-order chi connectivity index (χ0) is 10.8. The maximum atomic E-state index is 13.0. The van der Waals surface area contributed by atoms with Crippen molar-refractivity contribution in [1.82, 2.24) is 0 Å². The van der Waals surface area contributed by atoms with E-state index in [4.69, 9.17) is 0 Å². The van der Waals surface area contributed by atoms with E-state index in [2.05, 4.69) is 0 Å². The summed E-state index contributed by atoms with van der Waals surface area (Å²) in [6.45, 7) is 1.78. The molecule has 2 rings (SSSR count). The van der Waals surface area contributed by atoms with Gasteiger partial charge in [0.15, 0.2) is 0 Å².